The fourth-order valence-electron chi connectivity index (χ4n) is 3.91. The van der Waals surface area contributed by atoms with Crippen molar-refractivity contribution in [2.24, 2.45) is 0 Å². The zero-order valence-corrected chi connectivity index (χ0v) is 18.6. The normalized spacial score (nSPS) is 14.8. The van der Waals surface area contributed by atoms with Gasteiger partial charge in [-0.05, 0) is 25.1 Å². The first-order valence-electron chi connectivity index (χ1n) is 10.5. The summed E-state index contributed by atoms with van der Waals surface area (Å²) in [5.74, 6) is 0.637. The number of nitrogens with zero attached hydrogens (tertiary/aromatic N) is 4. The molecule has 3 aromatic heterocycles. The standard InChI is InChI=1S/C22H21F3N6OS/c1-2-32-19-18-17(29-21(30-19)31-8-6-27-7-9-31)16-14(22(23,24)25)11-15(28-20(16)33-18)12-4-3-5-13(26)10-12/h3-5,10-11,27H,2,6-9,26H2,1H3. The molecule has 0 atom stereocenters. The lowest BCUT2D eigenvalue weighted by molar-refractivity contribution is -0.136. The number of anilines is 2. The topological polar surface area (TPSA) is 89.2 Å². The van der Waals surface area contributed by atoms with Crippen LogP contribution in [0.5, 0.6) is 5.88 Å². The third-order valence-electron chi connectivity index (χ3n) is 5.41. The molecule has 0 amide bonds. The number of thiophene rings is 1. The van der Waals surface area contributed by atoms with Crippen molar-refractivity contribution in [3.63, 3.8) is 0 Å². The molecule has 1 fully saturated rings. The van der Waals surface area contributed by atoms with Gasteiger partial charge in [0, 0.05) is 37.4 Å². The van der Waals surface area contributed by atoms with Crippen LogP contribution in [0.25, 0.3) is 31.7 Å². The van der Waals surface area contributed by atoms with Crippen molar-refractivity contribution in [3.8, 4) is 17.1 Å². The highest BCUT2D eigenvalue weighted by molar-refractivity contribution is 7.25. The maximum atomic E-state index is 14.3. The van der Waals surface area contributed by atoms with Crippen molar-refractivity contribution in [1.29, 1.82) is 0 Å². The van der Waals surface area contributed by atoms with Gasteiger partial charge in [-0.1, -0.05) is 12.1 Å². The van der Waals surface area contributed by atoms with Crippen LogP contribution >= 0.6 is 11.3 Å². The molecule has 1 aliphatic heterocycles. The van der Waals surface area contributed by atoms with Gasteiger partial charge in [-0.25, -0.2) is 9.97 Å². The first-order chi connectivity index (χ1) is 15.8. The Bertz CT molecular complexity index is 1330. The Labute approximate surface area is 191 Å². The van der Waals surface area contributed by atoms with Gasteiger partial charge in [0.15, 0.2) is 0 Å². The third kappa shape index (κ3) is 4.02. The van der Waals surface area contributed by atoms with Crippen LogP contribution in [0.1, 0.15) is 12.5 Å². The molecular formula is C22H21F3N6OS. The monoisotopic (exact) mass is 474 g/mol. The average Bonchev–Trinajstić information content (AvgIpc) is 3.17. The summed E-state index contributed by atoms with van der Waals surface area (Å²) in [5, 5.41) is 3.21. The van der Waals surface area contributed by atoms with E-state index in [1.54, 1.807) is 24.3 Å². The van der Waals surface area contributed by atoms with E-state index in [2.05, 4.69) is 20.3 Å². The molecule has 0 radical (unpaired) electrons. The molecule has 1 aliphatic rings. The Balaban J connectivity index is 1.80. The predicted molar refractivity (Wildman–Crippen MR) is 124 cm³/mol. The quantitative estimate of drug-likeness (QED) is 0.426. The van der Waals surface area contributed by atoms with Crippen molar-refractivity contribution < 1.29 is 17.9 Å². The fourth-order valence-corrected chi connectivity index (χ4v) is 4.99. The largest absolute Gasteiger partial charge is 0.477 e. The number of hydrogen-bond donors (Lipinski definition) is 2. The van der Waals surface area contributed by atoms with Crippen molar-refractivity contribution in [2.45, 2.75) is 13.1 Å². The third-order valence-corrected chi connectivity index (χ3v) is 6.47. The lowest BCUT2D eigenvalue weighted by Gasteiger charge is -2.27. The number of halogens is 3. The van der Waals surface area contributed by atoms with Crippen LogP contribution in [0.3, 0.4) is 0 Å². The van der Waals surface area contributed by atoms with Crippen molar-refractivity contribution in [3.05, 3.63) is 35.9 Å². The van der Waals surface area contributed by atoms with E-state index in [1.165, 1.54) is 0 Å². The molecule has 0 unspecified atom stereocenters. The van der Waals surface area contributed by atoms with Gasteiger partial charge in [-0.15, -0.1) is 11.3 Å². The molecule has 0 saturated carbocycles. The Kier molecular flexibility index (Phi) is 5.45. The number of nitrogens with two attached hydrogens (primary N) is 1. The Morgan fingerprint density at radius 3 is 2.64 bits per heavy atom. The minimum atomic E-state index is -4.60. The summed E-state index contributed by atoms with van der Waals surface area (Å²) in [4.78, 5) is 15.9. The summed E-state index contributed by atoms with van der Waals surface area (Å²) in [6.45, 7) is 4.94. The zero-order chi connectivity index (χ0) is 23.2. The molecule has 11 heteroatoms. The van der Waals surface area contributed by atoms with Gasteiger partial charge in [0.05, 0.1) is 23.3 Å². The summed E-state index contributed by atoms with van der Waals surface area (Å²) >= 11 is 1.10. The van der Waals surface area contributed by atoms with E-state index in [-0.39, 0.29) is 27.3 Å². The van der Waals surface area contributed by atoms with Crippen LogP contribution in [0.2, 0.25) is 0 Å². The second-order valence-corrected chi connectivity index (χ2v) is 8.64. The number of pyridine rings is 1. The van der Waals surface area contributed by atoms with Gasteiger partial charge in [0.2, 0.25) is 11.8 Å². The van der Waals surface area contributed by atoms with Crippen molar-refractivity contribution in [1.82, 2.24) is 20.3 Å². The Hall–Kier alpha value is -3.18. The van der Waals surface area contributed by atoms with Crippen LogP contribution in [0.15, 0.2) is 30.3 Å². The number of nitrogens with one attached hydrogen (secondary N) is 1. The van der Waals surface area contributed by atoms with E-state index in [0.29, 0.717) is 41.6 Å². The molecule has 4 aromatic rings. The number of ether oxygens (including phenoxy) is 1. The second kappa shape index (κ2) is 8.31. The number of rotatable bonds is 4. The fraction of sp³-hybridized carbons (Fsp3) is 0.318. The molecule has 33 heavy (non-hydrogen) atoms. The first-order valence-corrected chi connectivity index (χ1v) is 11.3. The average molecular weight is 475 g/mol. The number of hydrogen-bond acceptors (Lipinski definition) is 8. The van der Waals surface area contributed by atoms with E-state index in [9.17, 15) is 13.2 Å². The van der Waals surface area contributed by atoms with Crippen molar-refractivity contribution in [2.75, 3.05) is 43.4 Å². The SMILES string of the molecule is CCOc1nc(N2CCNCC2)nc2c1sc1nc(-c3cccc(N)c3)cc(C(F)(F)F)c12. The van der Waals surface area contributed by atoms with Gasteiger partial charge < -0.3 is 20.7 Å². The molecule has 0 spiro atoms. The lowest BCUT2D eigenvalue weighted by atomic mass is 10.1. The van der Waals surface area contributed by atoms with Gasteiger partial charge >= 0.3 is 6.18 Å². The molecule has 1 aromatic carbocycles. The highest BCUT2D eigenvalue weighted by Gasteiger charge is 2.36. The smallest absolute Gasteiger partial charge is 0.417 e. The lowest BCUT2D eigenvalue weighted by Crippen LogP contribution is -2.44. The summed E-state index contributed by atoms with van der Waals surface area (Å²) < 4.78 is 49.0. The van der Waals surface area contributed by atoms with Crippen molar-refractivity contribution >= 4 is 43.4 Å². The molecule has 5 rings (SSSR count). The summed E-state index contributed by atoms with van der Waals surface area (Å²) in [7, 11) is 0. The molecule has 172 valence electrons. The number of piperazine rings is 1. The molecule has 1 saturated heterocycles. The molecule has 7 nitrogen and oxygen atoms in total. The van der Waals surface area contributed by atoms with Gasteiger partial charge in [-0.2, -0.15) is 18.2 Å². The predicted octanol–water partition coefficient (Wildman–Crippen LogP) is 4.32. The molecular weight excluding hydrogens is 453 g/mol. The molecule has 0 aliphatic carbocycles. The summed E-state index contributed by atoms with van der Waals surface area (Å²) in [6, 6.07) is 7.72. The first kappa shape index (κ1) is 21.7. The number of fused-ring (bicyclic) bond motifs is 3. The van der Waals surface area contributed by atoms with Crippen LogP contribution < -0.4 is 20.7 Å². The van der Waals surface area contributed by atoms with E-state index >= 15 is 0 Å². The van der Waals surface area contributed by atoms with Gasteiger partial charge in [0.1, 0.15) is 15.0 Å². The van der Waals surface area contributed by atoms with E-state index in [1.807, 2.05) is 11.8 Å². The second-order valence-electron chi connectivity index (χ2n) is 7.64. The Morgan fingerprint density at radius 1 is 1.15 bits per heavy atom. The van der Waals surface area contributed by atoms with Crippen LogP contribution in [-0.2, 0) is 6.18 Å². The van der Waals surface area contributed by atoms with E-state index < -0.39 is 11.7 Å². The molecule has 0 bridgehead atoms. The summed E-state index contributed by atoms with van der Waals surface area (Å²) in [6.07, 6.45) is -4.60. The van der Waals surface area contributed by atoms with Gasteiger partial charge in [0.25, 0.3) is 0 Å². The van der Waals surface area contributed by atoms with Crippen LogP contribution in [0, 0.1) is 0 Å². The maximum Gasteiger partial charge on any atom is 0.417 e. The molecule has 4 heterocycles. The van der Waals surface area contributed by atoms with Crippen LogP contribution in [0.4, 0.5) is 24.8 Å². The number of alkyl halides is 3. The summed E-state index contributed by atoms with van der Waals surface area (Å²) in [5.41, 5.74) is 6.42. The number of aromatic nitrogens is 3. The minimum Gasteiger partial charge on any atom is -0.477 e. The van der Waals surface area contributed by atoms with Crippen LogP contribution in [-0.4, -0.2) is 47.7 Å². The minimum absolute atomic E-state index is 0.0325. The highest BCUT2D eigenvalue weighted by Crippen LogP contribution is 2.45. The van der Waals surface area contributed by atoms with E-state index in [4.69, 9.17) is 10.5 Å². The van der Waals surface area contributed by atoms with E-state index in [0.717, 1.165) is 30.5 Å². The zero-order valence-electron chi connectivity index (χ0n) is 17.7. The molecule has 3 N–H and O–H groups in total. The highest BCUT2D eigenvalue weighted by atomic mass is 32.1. The number of nitrogen functional groups attached to an aromatic ring is 1. The maximum absolute atomic E-state index is 14.3. The Morgan fingerprint density at radius 2 is 1.94 bits per heavy atom. The number of benzene rings is 1. The van der Waals surface area contributed by atoms with Gasteiger partial charge in [-0.3, -0.25) is 0 Å².